The molecule has 1 atom stereocenters. The molecule has 7 heteroatoms. The number of benzene rings is 1. The molecule has 1 aromatic rings. The molecule has 2 rings (SSSR count). The lowest BCUT2D eigenvalue weighted by molar-refractivity contribution is -0.138. The molecule has 5 nitrogen and oxygen atoms in total. The quantitative estimate of drug-likeness (QED) is 0.872. The zero-order valence-electron chi connectivity index (χ0n) is 9.34. The SMILES string of the molecule is NC(C(=O)O)c1ccc(S(=O)(=O)C2CC2)c(Cl)c1. The fourth-order valence-electron chi connectivity index (χ4n) is 1.64. The van der Waals surface area contributed by atoms with Crippen molar-refractivity contribution in [2.75, 3.05) is 0 Å². The second-order valence-corrected chi connectivity index (χ2v) is 6.85. The second-order valence-electron chi connectivity index (χ2n) is 4.25. The van der Waals surface area contributed by atoms with Gasteiger partial charge in [-0.25, -0.2) is 8.42 Å². The largest absolute Gasteiger partial charge is 0.480 e. The normalized spacial score (nSPS) is 17.4. The third-order valence-corrected chi connectivity index (χ3v) is 5.59. The van der Waals surface area contributed by atoms with E-state index in [1.807, 2.05) is 0 Å². The highest BCUT2D eigenvalue weighted by atomic mass is 35.5. The first-order valence-electron chi connectivity index (χ1n) is 5.36. The number of rotatable bonds is 4. The number of halogens is 1. The summed E-state index contributed by atoms with van der Waals surface area (Å²) in [4.78, 5) is 10.8. The van der Waals surface area contributed by atoms with Gasteiger partial charge in [0.1, 0.15) is 6.04 Å². The molecule has 1 aliphatic carbocycles. The van der Waals surface area contributed by atoms with E-state index in [2.05, 4.69) is 0 Å². The standard InChI is InChI=1S/C11H12ClNO4S/c12-8-5-6(10(13)11(14)15)1-4-9(8)18(16,17)7-2-3-7/h1,4-5,7,10H,2-3,13H2,(H,14,15). The number of carboxylic acid groups (broad SMARTS) is 1. The number of carbonyl (C=O) groups is 1. The fourth-order valence-corrected chi connectivity index (χ4v) is 3.86. The molecule has 0 saturated heterocycles. The minimum atomic E-state index is -3.38. The highest BCUT2D eigenvalue weighted by molar-refractivity contribution is 7.92. The van der Waals surface area contributed by atoms with E-state index in [4.69, 9.17) is 22.4 Å². The monoisotopic (exact) mass is 289 g/mol. The van der Waals surface area contributed by atoms with Crippen LogP contribution in [0, 0.1) is 0 Å². The van der Waals surface area contributed by atoms with E-state index >= 15 is 0 Å². The maximum Gasteiger partial charge on any atom is 0.325 e. The molecule has 0 spiro atoms. The molecule has 1 fully saturated rings. The molecular weight excluding hydrogens is 278 g/mol. The maximum atomic E-state index is 12.0. The van der Waals surface area contributed by atoms with Gasteiger partial charge in [-0.3, -0.25) is 4.79 Å². The van der Waals surface area contributed by atoms with Crippen LogP contribution < -0.4 is 5.73 Å². The number of nitrogens with two attached hydrogens (primary N) is 1. The number of sulfone groups is 1. The molecule has 0 aromatic heterocycles. The highest BCUT2D eigenvalue weighted by Crippen LogP contribution is 2.36. The number of carboxylic acids is 1. The lowest BCUT2D eigenvalue weighted by Crippen LogP contribution is -2.20. The van der Waals surface area contributed by atoms with Crippen LogP contribution in [0.5, 0.6) is 0 Å². The molecule has 0 radical (unpaired) electrons. The first kappa shape index (κ1) is 13.3. The second kappa shape index (κ2) is 4.53. The van der Waals surface area contributed by atoms with Crippen molar-refractivity contribution in [3.63, 3.8) is 0 Å². The third-order valence-electron chi connectivity index (χ3n) is 2.85. The van der Waals surface area contributed by atoms with Crippen molar-refractivity contribution in [1.29, 1.82) is 0 Å². The van der Waals surface area contributed by atoms with Crippen LogP contribution in [0.25, 0.3) is 0 Å². The van der Waals surface area contributed by atoms with Crippen LogP contribution in [0.3, 0.4) is 0 Å². The molecule has 1 saturated carbocycles. The molecule has 3 N–H and O–H groups in total. The molecule has 0 bridgehead atoms. The number of hydrogen-bond acceptors (Lipinski definition) is 4. The van der Waals surface area contributed by atoms with Crippen molar-refractivity contribution >= 4 is 27.4 Å². The first-order valence-corrected chi connectivity index (χ1v) is 7.28. The van der Waals surface area contributed by atoms with Crippen LogP contribution in [-0.4, -0.2) is 24.7 Å². The van der Waals surface area contributed by atoms with Crippen molar-refractivity contribution in [3.05, 3.63) is 28.8 Å². The smallest absolute Gasteiger partial charge is 0.325 e. The summed E-state index contributed by atoms with van der Waals surface area (Å²) in [6.45, 7) is 0. The molecule has 1 aromatic carbocycles. The molecular formula is C11H12ClNO4S. The van der Waals surface area contributed by atoms with Crippen molar-refractivity contribution in [2.24, 2.45) is 5.73 Å². The summed E-state index contributed by atoms with van der Waals surface area (Å²) >= 11 is 5.91. The predicted molar refractivity (Wildman–Crippen MR) is 66.2 cm³/mol. The Labute approximate surface area is 109 Å². The third kappa shape index (κ3) is 2.36. The molecule has 1 aliphatic rings. The highest BCUT2D eigenvalue weighted by Gasteiger charge is 2.38. The van der Waals surface area contributed by atoms with E-state index in [9.17, 15) is 13.2 Å². The van der Waals surface area contributed by atoms with Gasteiger partial charge in [-0.05, 0) is 30.5 Å². The Morgan fingerprint density at radius 1 is 1.44 bits per heavy atom. The topological polar surface area (TPSA) is 97.5 Å². The van der Waals surface area contributed by atoms with Crippen LogP contribution in [0.2, 0.25) is 5.02 Å². The van der Waals surface area contributed by atoms with Gasteiger partial charge in [0.05, 0.1) is 15.2 Å². The summed E-state index contributed by atoms with van der Waals surface area (Å²) in [5, 5.41) is 8.44. The van der Waals surface area contributed by atoms with Gasteiger partial charge >= 0.3 is 5.97 Å². The number of aliphatic carboxylic acids is 1. The summed E-state index contributed by atoms with van der Waals surface area (Å²) in [6.07, 6.45) is 1.30. The average Bonchev–Trinajstić information content (AvgIpc) is 3.11. The summed E-state index contributed by atoms with van der Waals surface area (Å²) in [5.41, 5.74) is 5.71. The van der Waals surface area contributed by atoms with E-state index in [0.717, 1.165) is 0 Å². The summed E-state index contributed by atoms with van der Waals surface area (Å²) in [6, 6.07) is 2.81. The zero-order chi connectivity index (χ0) is 13.5. The van der Waals surface area contributed by atoms with Crippen LogP contribution in [0.4, 0.5) is 0 Å². The van der Waals surface area contributed by atoms with E-state index in [0.29, 0.717) is 12.8 Å². The van der Waals surface area contributed by atoms with Crippen molar-refractivity contribution in [3.8, 4) is 0 Å². The minimum absolute atomic E-state index is 0.0242. The van der Waals surface area contributed by atoms with Gasteiger partial charge in [-0.2, -0.15) is 0 Å². The van der Waals surface area contributed by atoms with Crippen molar-refractivity contribution in [1.82, 2.24) is 0 Å². The van der Waals surface area contributed by atoms with Gasteiger partial charge < -0.3 is 10.8 Å². The Balaban J connectivity index is 2.39. The summed E-state index contributed by atoms with van der Waals surface area (Å²) < 4.78 is 24.0. The van der Waals surface area contributed by atoms with Gasteiger partial charge in [0.25, 0.3) is 0 Å². The predicted octanol–water partition coefficient (Wildman–Crippen LogP) is 1.36. The summed E-state index contributed by atoms with van der Waals surface area (Å²) in [5.74, 6) is -1.19. The summed E-state index contributed by atoms with van der Waals surface area (Å²) in [7, 11) is -3.38. The van der Waals surface area contributed by atoms with Crippen molar-refractivity contribution in [2.45, 2.75) is 29.0 Å². The average molecular weight is 290 g/mol. The van der Waals surface area contributed by atoms with E-state index in [1.54, 1.807) is 0 Å². The van der Waals surface area contributed by atoms with Crippen molar-refractivity contribution < 1.29 is 18.3 Å². The van der Waals surface area contributed by atoms with Crippen LogP contribution in [0.15, 0.2) is 23.1 Å². The Morgan fingerprint density at radius 2 is 2.06 bits per heavy atom. The molecule has 18 heavy (non-hydrogen) atoms. The van der Waals surface area contributed by atoms with Gasteiger partial charge in [0, 0.05) is 0 Å². The number of hydrogen-bond donors (Lipinski definition) is 2. The fraction of sp³-hybridized carbons (Fsp3) is 0.364. The van der Waals surface area contributed by atoms with Crippen LogP contribution in [0.1, 0.15) is 24.4 Å². The Morgan fingerprint density at radius 3 is 2.50 bits per heavy atom. The van der Waals surface area contributed by atoms with Gasteiger partial charge in [0.2, 0.25) is 0 Å². The molecule has 0 amide bonds. The lowest BCUT2D eigenvalue weighted by Gasteiger charge is -2.10. The Kier molecular flexibility index (Phi) is 3.35. The van der Waals surface area contributed by atoms with Crippen LogP contribution in [-0.2, 0) is 14.6 Å². The van der Waals surface area contributed by atoms with Gasteiger partial charge in [-0.1, -0.05) is 17.7 Å². The lowest BCUT2D eigenvalue weighted by atomic mass is 10.1. The van der Waals surface area contributed by atoms with E-state index in [-0.39, 0.29) is 20.7 Å². The first-order chi connectivity index (χ1) is 8.34. The van der Waals surface area contributed by atoms with E-state index in [1.165, 1.54) is 18.2 Å². The van der Waals surface area contributed by atoms with Gasteiger partial charge in [-0.15, -0.1) is 0 Å². The van der Waals surface area contributed by atoms with Gasteiger partial charge in [0.15, 0.2) is 9.84 Å². The Hall–Kier alpha value is -1.11. The maximum absolute atomic E-state index is 12.0. The van der Waals surface area contributed by atoms with Crippen LogP contribution >= 0.6 is 11.6 Å². The molecule has 1 unspecified atom stereocenters. The zero-order valence-corrected chi connectivity index (χ0v) is 10.9. The Bertz CT molecular complexity index is 595. The molecule has 0 heterocycles. The molecule has 98 valence electrons. The minimum Gasteiger partial charge on any atom is -0.480 e. The molecule has 0 aliphatic heterocycles. The van der Waals surface area contributed by atoms with E-state index < -0.39 is 21.8 Å².